The van der Waals surface area contributed by atoms with Gasteiger partial charge in [-0.2, -0.15) is 0 Å². The number of fused-ring (bicyclic) bond motifs is 1. The Hall–Kier alpha value is -1.92. The molecule has 3 aromatic rings. The molecule has 4 N–H and O–H groups in total. The summed E-state index contributed by atoms with van der Waals surface area (Å²) in [5.41, 5.74) is 7.88. The van der Waals surface area contributed by atoms with Crippen molar-refractivity contribution >= 4 is 56.1 Å². The molecule has 1 saturated heterocycles. The summed E-state index contributed by atoms with van der Waals surface area (Å²) in [6.07, 6.45) is -4.37. The van der Waals surface area contributed by atoms with Crippen LogP contribution in [0.5, 0.6) is 5.75 Å². The van der Waals surface area contributed by atoms with Crippen molar-refractivity contribution in [1.29, 1.82) is 0 Å². The second-order valence-corrected chi connectivity index (χ2v) is 9.36. The van der Waals surface area contributed by atoms with E-state index in [0.717, 1.165) is 5.56 Å². The van der Waals surface area contributed by atoms with Crippen molar-refractivity contribution in [3.63, 3.8) is 0 Å². The van der Waals surface area contributed by atoms with E-state index in [1.807, 2.05) is 12.1 Å². The number of benzene rings is 2. The second-order valence-electron chi connectivity index (χ2n) is 7.84. The number of nitrogens with zero attached hydrogens (tertiary/aromatic N) is 2. The Bertz CT molecular complexity index is 1190. The van der Waals surface area contributed by atoms with Crippen molar-refractivity contribution < 1.29 is 29.2 Å². The fraction of sp³-hybridized carbons (Fsp3) is 0.364. The normalized spacial score (nSPS) is 23.3. The first-order chi connectivity index (χ1) is 16.2. The minimum atomic E-state index is -1.32. The van der Waals surface area contributed by atoms with Crippen LogP contribution in [-0.4, -0.2) is 63.8 Å². The maximum atomic E-state index is 12.4. The van der Waals surface area contributed by atoms with E-state index in [1.54, 1.807) is 35.9 Å². The van der Waals surface area contributed by atoms with E-state index < -0.39 is 36.6 Å². The topological polar surface area (TPSA) is 129 Å². The van der Waals surface area contributed by atoms with E-state index in [9.17, 15) is 15.0 Å². The zero-order valence-corrected chi connectivity index (χ0v) is 21.0. The summed E-state index contributed by atoms with van der Waals surface area (Å²) in [6.45, 7) is -0.291. The Morgan fingerprint density at radius 2 is 1.91 bits per heavy atom. The van der Waals surface area contributed by atoms with Crippen LogP contribution in [0.2, 0.25) is 10.0 Å². The molecule has 1 aliphatic heterocycles. The number of carbonyl (C=O) groups excluding carboxylic acids is 1. The molecule has 2 heterocycles. The van der Waals surface area contributed by atoms with Gasteiger partial charge in [-0.3, -0.25) is 9.36 Å². The molecule has 0 aliphatic carbocycles. The first-order valence-corrected chi connectivity index (χ1v) is 11.8. The highest BCUT2D eigenvalue weighted by Gasteiger charge is 2.45. The molecule has 0 radical (unpaired) electrons. The van der Waals surface area contributed by atoms with E-state index in [4.69, 9.17) is 43.1 Å². The first-order valence-electron chi connectivity index (χ1n) is 10.3. The zero-order chi connectivity index (χ0) is 24.6. The van der Waals surface area contributed by atoms with Crippen LogP contribution in [0.15, 0.2) is 41.1 Å². The Morgan fingerprint density at radius 1 is 1.24 bits per heavy atom. The van der Waals surface area contributed by atoms with E-state index in [1.165, 1.54) is 0 Å². The van der Waals surface area contributed by atoms with Gasteiger partial charge in [0.25, 0.3) is 0 Å². The zero-order valence-electron chi connectivity index (χ0n) is 17.9. The Balaban J connectivity index is 1.41. The fourth-order valence-electron chi connectivity index (χ4n) is 3.75. The Kier molecular flexibility index (Phi) is 7.68. The monoisotopic (exact) mass is 573 g/mol. The number of rotatable bonds is 7. The van der Waals surface area contributed by atoms with Gasteiger partial charge in [0.05, 0.1) is 28.2 Å². The SMILES string of the molecule is COc1ccc(C[C@H](N)C(=O)OC[C@H]2OC(n3c(Br)nc4cc(Cl)c(Cl)cc43)[C@H](O)[C@@H]2O)cc1. The molecule has 34 heavy (non-hydrogen) atoms. The summed E-state index contributed by atoms with van der Waals surface area (Å²) < 4.78 is 18.1. The third-order valence-electron chi connectivity index (χ3n) is 5.59. The van der Waals surface area contributed by atoms with Gasteiger partial charge >= 0.3 is 5.97 Å². The van der Waals surface area contributed by atoms with E-state index in [0.29, 0.717) is 31.6 Å². The fourth-order valence-corrected chi connectivity index (χ4v) is 4.65. The van der Waals surface area contributed by atoms with Gasteiger partial charge in [-0.1, -0.05) is 35.3 Å². The summed E-state index contributed by atoms with van der Waals surface area (Å²) in [7, 11) is 1.57. The van der Waals surface area contributed by atoms with E-state index >= 15 is 0 Å². The van der Waals surface area contributed by atoms with Crippen molar-refractivity contribution in [3.8, 4) is 5.75 Å². The number of aliphatic hydroxyl groups excluding tert-OH is 2. The van der Waals surface area contributed by atoms with Crippen LogP contribution in [0.3, 0.4) is 0 Å². The number of hydrogen-bond donors (Lipinski definition) is 3. The van der Waals surface area contributed by atoms with Gasteiger partial charge in [0.2, 0.25) is 0 Å². The van der Waals surface area contributed by atoms with Gasteiger partial charge in [-0.25, -0.2) is 4.98 Å². The van der Waals surface area contributed by atoms with Gasteiger partial charge < -0.3 is 30.2 Å². The van der Waals surface area contributed by atoms with Gasteiger partial charge in [0.15, 0.2) is 11.0 Å². The number of aromatic nitrogens is 2. The minimum absolute atomic E-state index is 0.263. The van der Waals surface area contributed by atoms with Crippen LogP contribution in [0.4, 0.5) is 0 Å². The number of imidazole rings is 1. The van der Waals surface area contributed by atoms with Crippen LogP contribution in [0.1, 0.15) is 11.8 Å². The van der Waals surface area contributed by atoms with Crippen molar-refractivity contribution in [2.75, 3.05) is 13.7 Å². The van der Waals surface area contributed by atoms with Crippen molar-refractivity contribution in [3.05, 3.63) is 56.7 Å². The van der Waals surface area contributed by atoms with E-state index in [2.05, 4.69) is 20.9 Å². The molecule has 2 aromatic carbocycles. The lowest BCUT2D eigenvalue weighted by molar-refractivity contribution is -0.151. The number of hydrogen-bond acceptors (Lipinski definition) is 8. The molecule has 4 rings (SSSR count). The van der Waals surface area contributed by atoms with Gasteiger partial charge in [-0.05, 0) is 52.2 Å². The largest absolute Gasteiger partial charge is 0.497 e. The predicted octanol–water partition coefficient (Wildman–Crippen LogP) is 2.85. The maximum absolute atomic E-state index is 12.4. The number of nitrogens with two attached hydrogens (primary N) is 1. The first kappa shape index (κ1) is 25.2. The molecule has 9 nitrogen and oxygen atoms in total. The van der Waals surface area contributed by atoms with Gasteiger partial charge in [0.1, 0.15) is 36.7 Å². The number of carbonyl (C=O) groups is 1. The molecule has 1 fully saturated rings. The number of methoxy groups -OCH3 is 1. The molecular formula is C22H22BrCl2N3O6. The lowest BCUT2D eigenvalue weighted by Crippen LogP contribution is -2.38. The molecule has 1 aromatic heterocycles. The van der Waals surface area contributed by atoms with Crippen LogP contribution in [0, 0.1) is 0 Å². The highest BCUT2D eigenvalue weighted by atomic mass is 79.9. The number of halogens is 3. The molecule has 182 valence electrons. The summed E-state index contributed by atoms with van der Waals surface area (Å²) in [4.78, 5) is 16.7. The van der Waals surface area contributed by atoms with Crippen LogP contribution in [-0.2, 0) is 20.7 Å². The molecule has 1 unspecified atom stereocenters. The number of aliphatic hydroxyl groups is 2. The summed E-state index contributed by atoms with van der Waals surface area (Å²) >= 11 is 15.5. The third-order valence-corrected chi connectivity index (χ3v) is 6.87. The lowest BCUT2D eigenvalue weighted by atomic mass is 10.1. The molecule has 12 heteroatoms. The van der Waals surface area contributed by atoms with Crippen LogP contribution in [0.25, 0.3) is 11.0 Å². The number of esters is 1. The third kappa shape index (κ3) is 5.03. The molecule has 0 saturated carbocycles. The van der Waals surface area contributed by atoms with Crippen LogP contribution < -0.4 is 10.5 Å². The molecular weight excluding hydrogens is 553 g/mol. The summed E-state index contributed by atoms with van der Waals surface area (Å²) in [5, 5.41) is 21.8. The van der Waals surface area contributed by atoms with Crippen LogP contribution >= 0.6 is 39.1 Å². The Labute approximate surface area is 213 Å². The molecule has 5 atom stereocenters. The highest BCUT2D eigenvalue weighted by molar-refractivity contribution is 9.10. The van der Waals surface area contributed by atoms with Crippen molar-refractivity contribution in [2.45, 2.75) is 37.0 Å². The van der Waals surface area contributed by atoms with Gasteiger partial charge in [0, 0.05) is 0 Å². The second kappa shape index (κ2) is 10.4. The standard InChI is InChI=1S/C22H22BrCl2N3O6/c1-32-11-4-2-10(3-5-11)6-14(26)21(31)33-9-17-18(29)19(30)20(34-17)28-16-8-13(25)12(24)7-15(16)27-22(28)23/h2-5,7-8,14,17-20,29-30H,6,9,26H2,1H3/t14-,17+,18+,19+,20?/m0/s1. The minimum Gasteiger partial charge on any atom is -0.497 e. The van der Waals surface area contributed by atoms with Gasteiger partial charge in [-0.15, -0.1) is 0 Å². The van der Waals surface area contributed by atoms with Crippen molar-refractivity contribution in [1.82, 2.24) is 9.55 Å². The molecule has 0 spiro atoms. The van der Waals surface area contributed by atoms with Crippen molar-refractivity contribution in [2.24, 2.45) is 5.73 Å². The lowest BCUT2D eigenvalue weighted by Gasteiger charge is -2.18. The average Bonchev–Trinajstić information content (AvgIpc) is 3.27. The quantitative estimate of drug-likeness (QED) is 0.367. The molecule has 1 aliphatic rings. The summed E-state index contributed by atoms with van der Waals surface area (Å²) in [5.74, 6) is 0.0447. The summed E-state index contributed by atoms with van der Waals surface area (Å²) in [6, 6.07) is 9.43. The average molecular weight is 575 g/mol. The predicted molar refractivity (Wildman–Crippen MR) is 129 cm³/mol. The smallest absolute Gasteiger partial charge is 0.323 e. The number of ether oxygens (including phenoxy) is 3. The van der Waals surface area contributed by atoms with E-state index in [-0.39, 0.29) is 13.0 Å². The highest BCUT2D eigenvalue weighted by Crippen LogP contribution is 2.37. The Morgan fingerprint density at radius 3 is 2.59 bits per heavy atom. The molecule has 0 bridgehead atoms. The molecule has 0 amide bonds. The maximum Gasteiger partial charge on any atom is 0.323 e.